The summed E-state index contributed by atoms with van der Waals surface area (Å²) in [7, 11) is 1.92. The molecule has 346 valence electrons. The zero-order valence-electron chi connectivity index (χ0n) is 39.7. The Balaban J connectivity index is 0.000000196. The van der Waals surface area contributed by atoms with Gasteiger partial charge in [-0.2, -0.15) is 28.3 Å². The number of nitriles is 1. The monoisotopic (exact) mass is 897 g/mol. The fourth-order valence-corrected chi connectivity index (χ4v) is 9.90. The average Bonchev–Trinajstić information content (AvgIpc) is 3.91. The molecule has 0 spiro atoms. The van der Waals surface area contributed by atoms with Gasteiger partial charge in [0.25, 0.3) is 0 Å². The van der Waals surface area contributed by atoms with Crippen molar-refractivity contribution in [1.29, 1.82) is 5.26 Å². The quantitative estimate of drug-likeness (QED) is 0.107. The Bertz CT molecular complexity index is 2640. The molecule has 4 fully saturated rings. The Labute approximate surface area is 406 Å². The molecule has 4 aliphatic rings. The number of piperidine rings is 2. The summed E-state index contributed by atoms with van der Waals surface area (Å²) in [5, 5.41) is 34.2. The molecule has 16 heteroatoms. The van der Waals surface area contributed by atoms with E-state index >= 15 is 0 Å². The zero-order chi connectivity index (χ0) is 46.5. The number of fused-ring (bicyclic) bond motifs is 2. The third-order valence-electron chi connectivity index (χ3n) is 14.1. The number of aromatic nitrogens is 5. The van der Waals surface area contributed by atoms with E-state index in [1.807, 2.05) is 50.7 Å². The molecule has 0 unspecified atom stereocenters. The summed E-state index contributed by atoms with van der Waals surface area (Å²) in [5.74, 6) is 2.87. The van der Waals surface area contributed by atoms with E-state index in [9.17, 15) is 25.1 Å². The predicted molar refractivity (Wildman–Crippen MR) is 259 cm³/mol. The van der Waals surface area contributed by atoms with Gasteiger partial charge in [0.05, 0.1) is 22.8 Å². The zero-order valence-corrected chi connectivity index (χ0v) is 39.7. The third-order valence-corrected chi connectivity index (χ3v) is 14.1. The van der Waals surface area contributed by atoms with Gasteiger partial charge in [0.15, 0.2) is 5.82 Å². The molecule has 0 bridgehead atoms. The smallest absolute Gasteiger partial charge is 0.879 e. The molecule has 2 N–H and O–H groups in total. The molecule has 15 nitrogen and oxygen atoms in total. The first-order valence-electron chi connectivity index (χ1n) is 23.5. The number of hydrogen-bond donors (Lipinski definition) is 2. The second-order valence-electron chi connectivity index (χ2n) is 19.0. The molecule has 67 heavy (non-hydrogen) atoms. The average molecular weight is 897 g/mol. The number of anilines is 2. The van der Waals surface area contributed by atoms with Crippen LogP contribution in [-0.2, 0) is 16.6 Å². The summed E-state index contributed by atoms with van der Waals surface area (Å²) >= 11 is 0. The minimum absolute atomic E-state index is 0. The van der Waals surface area contributed by atoms with Gasteiger partial charge in [-0.05, 0) is 119 Å². The summed E-state index contributed by atoms with van der Waals surface area (Å²) in [4.78, 5) is 47.5. The van der Waals surface area contributed by atoms with Gasteiger partial charge in [-0.1, -0.05) is 31.9 Å². The number of benzene rings is 1. The first-order chi connectivity index (χ1) is 31.8. The number of pyridine rings is 2. The molecule has 1 aliphatic carbocycles. The van der Waals surface area contributed by atoms with Crippen LogP contribution in [0.15, 0.2) is 55.0 Å². The Morgan fingerprint density at radius 3 is 2.46 bits per heavy atom. The van der Waals surface area contributed by atoms with Gasteiger partial charge in [-0.15, -0.1) is 5.56 Å². The standard InChI is InChI=1S/C26H27N7O.C25H34N5O2.Li/c1-17(2)31-25(34)26(4)7-9-32(10-8-26)23-6-5-19(14-29-23)22-11-20(18(3)12-27)16-33-24(22)21(13-28)15-30-33;1-28-22-17-20(7-8-21(22)24(27-28)30-16-12-23(31)26-25(30)32)19-10-14-29(15-11-19)13-9-18-5-3-2-4-6-18;/h3,5-6,11-12,14-17H,7-10H2,1-2,4H3,(H,31,34);2,7-8,17-19H,3-6,9-16H2,1H3,(H,26,31,32);/q-2;-1;+1. The maximum absolute atomic E-state index is 12.6. The maximum atomic E-state index is 12.6. The number of allylic oxidation sites excluding steroid dienone is 1. The fraction of sp³-hybridized carbons (Fsp3) is 0.471. The van der Waals surface area contributed by atoms with Crippen LogP contribution in [0.5, 0.6) is 0 Å². The number of imide groups is 1. The van der Waals surface area contributed by atoms with Crippen LogP contribution < -0.4 is 39.3 Å². The number of aryl methyl sites for hydroxylation is 1. The third kappa shape index (κ3) is 11.0. The van der Waals surface area contributed by atoms with Crippen molar-refractivity contribution in [2.45, 2.75) is 96.9 Å². The normalized spacial score (nSPS) is 18.2. The van der Waals surface area contributed by atoms with Crippen molar-refractivity contribution in [3.8, 4) is 17.2 Å². The summed E-state index contributed by atoms with van der Waals surface area (Å²) in [5.41, 5.74) is 5.44. The van der Waals surface area contributed by atoms with E-state index < -0.39 is 0 Å². The number of amides is 4. The van der Waals surface area contributed by atoms with Gasteiger partial charge < -0.3 is 33.2 Å². The van der Waals surface area contributed by atoms with E-state index in [0.29, 0.717) is 41.3 Å². The van der Waals surface area contributed by atoms with Gasteiger partial charge in [0.2, 0.25) is 11.8 Å². The number of hydrogen-bond acceptors (Lipinski definition) is 9. The van der Waals surface area contributed by atoms with Crippen LogP contribution in [0.2, 0.25) is 0 Å². The number of likely N-dealkylation sites (tertiary alicyclic amines) is 1. The molecule has 5 aromatic rings. The van der Waals surface area contributed by atoms with Crippen molar-refractivity contribution in [2.75, 3.05) is 49.1 Å². The van der Waals surface area contributed by atoms with Gasteiger partial charge in [0, 0.05) is 61.7 Å². The van der Waals surface area contributed by atoms with Gasteiger partial charge >= 0.3 is 24.9 Å². The number of nitrogens with one attached hydrogen (secondary N) is 2. The first-order valence-corrected chi connectivity index (χ1v) is 23.5. The minimum atomic E-state index is -0.385. The summed E-state index contributed by atoms with van der Waals surface area (Å²) < 4.78 is 3.44. The SMILES string of the molecule is Cn1nc(N2CCC(=O)NC2=O)c2ccc(C3CCN(CCC4CC[CH-]CC4)CC3)cc21.[CH-]=C(C=[N-])c1cc(-c2ccc(N3CCC(C)(C(=O)NC(C)C)CC3)nc2)c2c(C#N)cnn2c1.[Li+]. The van der Waals surface area contributed by atoms with E-state index in [4.69, 9.17) is 6.58 Å². The summed E-state index contributed by atoms with van der Waals surface area (Å²) in [6.45, 7) is 17.4. The molecule has 4 aromatic heterocycles. The Kier molecular flexibility index (Phi) is 15.7. The maximum Gasteiger partial charge on any atom is 1.00 e. The second kappa shape index (κ2) is 21.4. The van der Waals surface area contributed by atoms with Gasteiger partial charge in [-0.3, -0.25) is 29.0 Å². The molecular formula is C51H61LiN12O3-2. The molecular weight excluding hydrogens is 836 g/mol. The molecule has 3 aliphatic heterocycles. The van der Waals surface area contributed by atoms with Crippen LogP contribution >= 0.6 is 0 Å². The number of carbonyl (C=O) groups is 3. The Hall–Kier alpha value is -5.80. The van der Waals surface area contributed by atoms with Crippen molar-refractivity contribution in [2.24, 2.45) is 18.4 Å². The Morgan fingerprint density at radius 1 is 1.06 bits per heavy atom. The number of nitrogens with zero attached hydrogens (tertiary/aromatic N) is 10. The molecule has 0 atom stereocenters. The van der Waals surface area contributed by atoms with Crippen molar-refractivity contribution < 1.29 is 33.2 Å². The van der Waals surface area contributed by atoms with E-state index in [1.54, 1.807) is 21.8 Å². The van der Waals surface area contributed by atoms with Crippen LogP contribution in [0.1, 0.15) is 108 Å². The topological polar surface area (TPSA) is 179 Å². The van der Waals surface area contributed by atoms with Crippen LogP contribution in [0.4, 0.5) is 16.4 Å². The summed E-state index contributed by atoms with van der Waals surface area (Å²) in [6.07, 6.45) is 19.2. The molecule has 9 rings (SSSR count). The van der Waals surface area contributed by atoms with Gasteiger partial charge in [0.1, 0.15) is 11.9 Å². The van der Waals surface area contributed by atoms with Crippen LogP contribution in [0.3, 0.4) is 0 Å². The van der Waals surface area contributed by atoms with Crippen molar-refractivity contribution in [3.05, 3.63) is 90.1 Å². The van der Waals surface area contributed by atoms with E-state index in [-0.39, 0.29) is 53.7 Å². The van der Waals surface area contributed by atoms with E-state index in [1.165, 1.54) is 76.3 Å². The van der Waals surface area contributed by atoms with E-state index in [0.717, 1.165) is 65.9 Å². The molecule has 4 amide bonds. The first kappa shape index (κ1) is 49.1. The fourth-order valence-electron chi connectivity index (χ4n) is 9.90. The Morgan fingerprint density at radius 2 is 1.81 bits per heavy atom. The van der Waals surface area contributed by atoms with Crippen molar-refractivity contribution in [3.63, 3.8) is 0 Å². The molecule has 0 radical (unpaired) electrons. The van der Waals surface area contributed by atoms with Crippen LogP contribution in [-0.4, -0.2) is 98.6 Å². The largest absolute Gasteiger partial charge is 1.00 e. The molecule has 1 saturated carbocycles. The number of rotatable bonds is 11. The van der Waals surface area contributed by atoms with Crippen LogP contribution in [0, 0.1) is 35.7 Å². The minimum Gasteiger partial charge on any atom is -0.879 e. The molecule has 7 heterocycles. The van der Waals surface area contributed by atoms with Crippen molar-refractivity contribution >= 4 is 57.7 Å². The second-order valence-corrected chi connectivity index (χ2v) is 19.0. The van der Waals surface area contributed by atoms with Crippen LogP contribution in [0.25, 0.3) is 38.5 Å². The molecule has 3 saturated heterocycles. The van der Waals surface area contributed by atoms with Gasteiger partial charge in [-0.25, -0.2) is 21.9 Å². The number of carbonyl (C=O) groups excluding carboxylic acids is 3. The summed E-state index contributed by atoms with van der Waals surface area (Å²) in [6, 6.07) is 14.2. The molecule has 1 aromatic carbocycles. The van der Waals surface area contributed by atoms with Crippen molar-refractivity contribution in [1.82, 2.24) is 39.9 Å². The van der Waals surface area contributed by atoms with E-state index in [2.05, 4.69) is 66.3 Å². The number of urea groups is 1. The predicted octanol–water partition coefficient (Wildman–Crippen LogP) is 4.84.